The molecule has 0 fully saturated rings. The Balaban J connectivity index is 2.28. The molecule has 0 bridgehead atoms. The first-order chi connectivity index (χ1) is 7.24. The summed E-state index contributed by atoms with van der Waals surface area (Å²) in [6, 6.07) is 0. The van der Waals surface area contributed by atoms with Gasteiger partial charge in [-0.15, -0.1) is 10.2 Å². The van der Waals surface area contributed by atoms with Gasteiger partial charge < -0.3 is 4.90 Å². The van der Waals surface area contributed by atoms with Gasteiger partial charge in [0, 0.05) is 31.3 Å². The molecular weight excluding hydrogens is 232 g/mol. The van der Waals surface area contributed by atoms with E-state index in [9.17, 15) is 0 Å². The van der Waals surface area contributed by atoms with Crippen molar-refractivity contribution in [2.24, 2.45) is 5.11 Å². The van der Waals surface area contributed by atoms with Crippen molar-refractivity contribution in [2.75, 3.05) is 31.3 Å². The Kier molecular flexibility index (Phi) is 5.23. The van der Waals surface area contributed by atoms with Crippen LogP contribution in [0, 0.1) is 0 Å². The molecule has 0 N–H and O–H groups in total. The molecule has 0 amide bonds. The highest BCUT2D eigenvalue weighted by Gasteiger charge is 2.05. The van der Waals surface area contributed by atoms with Crippen molar-refractivity contribution in [1.29, 1.82) is 0 Å². The maximum Gasteiger partial charge on any atom is 0.208 e. The van der Waals surface area contributed by atoms with E-state index in [0.717, 1.165) is 21.6 Å². The summed E-state index contributed by atoms with van der Waals surface area (Å²) in [6.45, 7) is 0.544. The van der Waals surface area contributed by atoms with Crippen molar-refractivity contribution in [3.8, 4) is 0 Å². The van der Waals surface area contributed by atoms with E-state index in [1.54, 1.807) is 23.1 Å². The van der Waals surface area contributed by atoms with Crippen molar-refractivity contribution < 1.29 is 0 Å². The number of hydrogen-bond donors (Lipinski definition) is 0. The Labute approximate surface area is 96.3 Å². The monoisotopic (exact) mass is 244 g/mol. The molecule has 0 spiro atoms. The number of aromatic nitrogens is 2. The normalized spacial score (nSPS) is 9.73. The maximum atomic E-state index is 8.07. The maximum absolute atomic E-state index is 8.07. The average Bonchev–Trinajstić information content (AvgIpc) is 2.66. The molecule has 0 aliphatic carbocycles. The summed E-state index contributed by atoms with van der Waals surface area (Å²) in [5.41, 5.74) is 8.07. The standard InChI is InChI=1S/C7H12N6S2/c1-13(2)6-10-11-7(15-6)14-5-3-4-9-12-8/h3-5H2,1-2H3. The van der Waals surface area contributed by atoms with E-state index in [-0.39, 0.29) is 0 Å². The first-order valence-corrected chi connectivity index (χ1v) is 6.18. The van der Waals surface area contributed by atoms with Gasteiger partial charge in [-0.05, 0) is 12.0 Å². The smallest absolute Gasteiger partial charge is 0.208 e. The van der Waals surface area contributed by atoms with E-state index < -0.39 is 0 Å². The van der Waals surface area contributed by atoms with E-state index in [1.165, 1.54) is 0 Å². The number of rotatable bonds is 6. The van der Waals surface area contributed by atoms with Gasteiger partial charge in [-0.1, -0.05) is 28.2 Å². The predicted molar refractivity (Wildman–Crippen MR) is 63.6 cm³/mol. The van der Waals surface area contributed by atoms with Gasteiger partial charge in [-0.2, -0.15) is 0 Å². The topological polar surface area (TPSA) is 77.8 Å². The van der Waals surface area contributed by atoms with Crippen LogP contribution in [0.25, 0.3) is 10.4 Å². The van der Waals surface area contributed by atoms with Crippen molar-refractivity contribution in [3.05, 3.63) is 10.4 Å². The molecule has 1 rings (SSSR count). The van der Waals surface area contributed by atoms with E-state index >= 15 is 0 Å². The van der Waals surface area contributed by atoms with Crippen LogP contribution < -0.4 is 4.90 Å². The molecule has 0 radical (unpaired) electrons. The average molecular weight is 244 g/mol. The second-order valence-electron chi connectivity index (χ2n) is 2.90. The summed E-state index contributed by atoms with van der Waals surface area (Å²) in [4.78, 5) is 4.62. The van der Waals surface area contributed by atoms with Crippen molar-refractivity contribution in [1.82, 2.24) is 10.2 Å². The molecule has 0 unspecified atom stereocenters. The van der Waals surface area contributed by atoms with Crippen molar-refractivity contribution >= 4 is 28.2 Å². The van der Waals surface area contributed by atoms with Crippen LogP contribution in [0.3, 0.4) is 0 Å². The third-order valence-electron chi connectivity index (χ3n) is 1.47. The summed E-state index contributed by atoms with van der Waals surface area (Å²) in [5.74, 6) is 0.904. The molecule has 8 heteroatoms. The highest BCUT2D eigenvalue weighted by Crippen LogP contribution is 2.26. The fourth-order valence-corrected chi connectivity index (χ4v) is 2.54. The zero-order chi connectivity index (χ0) is 11.1. The van der Waals surface area contributed by atoms with Gasteiger partial charge in [-0.3, -0.25) is 0 Å². The number of anilines is 1. The van der Waals surface area contributed by atoms with Gasteiger partial charge in [0.15, 0.2) is 4.34 Å². The quantitative estimate of drug-likeness (QED) is 0.253. The van der Waals surface area contributed by atoms with Crippen LogP contribution >= 0.6 is 23.1 Å². The molecule has 1 heterocycles. The lowest BCUT2D eigenvalue weighted by atomic mass is 10.5. The summed E-state index contributed by atoms with van der Waals surface area (Å²) >= 11 is 3.21. The minimum Gasteiger partial charge on any atom is -0.353 e. The third kappa shape index (κ3) is 4.37. The first kappa shape index (κ1) is 12.1. The van der Waals surface area contributed by atoms with Gasteiger partial charge in [-0.25, -0.2) is 0 Å². The lowest BCUT2D eigenvalue weighted by Gasteiger charge is -2.03. The molecule has 0 aliphatic rings. The van der Waals surface area contributed by atoms with Crippen LogP contribution in [0.2, 0.25) is 0 Å². The second kappa shape index (κ2) is 6.49. The molecule has 15 heavy (non-hydrogen) atoms. The summed E-state index contributed by atoms with van der Waals surface area (Å²) in [7, 11) is 3.88. The minimum absolute atomic E-state index is 0.544. The van der Waals surface area contributed by atoms with E-state index in [2.05, 4.69) is 20.2 Å². The van der Waals surface area contributed by atoms with Gasteiger partial charge in [0.05, 0.1) is 0 Å². The van der Waals surface area contributed by atoms with E-state index in [1.807, 2.05) is 19.0 Å². The summed E-state index contributed by atoms with van der Waals surface area (Å²) in [6.07, 6.45) is 0.867. The Morgan fingerprint density at radius 1 is 1.53 bits per heavy atom. The molecule has 0 saturated carbocycles. The molecule has 0 aromatic carbocycles. The zero-order valence-corrected chi connectivity index (χ0v) is 10.3. The molecule has 0 saturated heterocycles. The SMILES string of the molecule is CN(C)c1nnc(SCCCN=[N+]=[N-])s1. The van der Waals surface area contributed by atoms with Gasteiger partial charge in [0.1, 0.15) is 0 Å². The number of hydrogen-bond acceptors (Lipinski definition) is 6. The minimum atomic E-state index is 0.544. The summed E-state index contributed by atoms with van der Waals surface area (Å²) < 4.78 is 0.958. The highest BCUT2D eigenvalue weighted by atomic mass is 32.2. The molecule has 1 aromatic rings. The van der Waals surface area contributed by atoms with Crippen LogP contribution in [0.15, 0.2) is 9.45 Å². The Morgan fingerprint density at radius 2 is 2.33 bits per heavy atom. The molecule has 6 nitrogen and oxygen atoms in total. The highest BCUT2D eigenvalue weighted by molar-refractivity contribution is 8.01. The fraction of sp³-hybridized carbons (Fsp3) is 0.714. The lowest BCUT2D eigenvalue weighted by molar-refractivity contribution is 0.927. The third-order valence-corrected chi connectivity index (χ3v) is 3.78. The van der Waals surface area contributed by atoms with Crippen LogP contribution in [-0.4, -0.2) is 36.6 Å². The molecule has 1 aromatic heterocycles. The second-order valence-corrected chi connectivity index (χ2v) is 5.20. The Bertz CT molecular complexity index is 343. The number of nitrogens with zero attached hydrogens (tertiary/aromatic N) is 6. The lowest BCUT2D eigenvalue weighted by Crippen LogP contribution is -2.07. The van der Waals surface area contributed by atoms with Crippen LogP contribution in [0.4, 0.5) is 5.13 Å². The Morgan fingerprint density at radius 3 is 2.93 bits per heavy atom. The largest absolute Gasteiger partial charge is 0.353 e. The first-order valence-electron chi connectivity index (χ1n) is 4.38. The predicted octanol–water partition coefficient (Wildman–Crippen LogP) is 2.40. The van der Waals surface area contributed by atoms with Crippen LogP contribution in [0.5, 0.6) is 0 Å². The molecule has 0 aliphatic heterocycles. The van der Waals surface area contributed by atoms with Crippen molar-refractivity contribution in [2.45, 2.75) is 10.8 Å². The van der Waals surface area contributed by atoms with Gasteiger partial charge in [0.25, 0.3) is 0 Å². The number of azide groups is 1. The van der Waals surface area contributed by atoms with Crippen molar-refractivity contribution in [3.63, 3.8) is 0 Å². The van der Waals surface area contributed by atoms with Crippen LogP contribution in [-0.2, 0) is 0 Å². The van der Waals surface area contributed by atoms with Gasteiger partial charge in [0.2, 0.25) is 5.13 Å². The molecule has 0 atom stereocenters. The molecular formula is C7H12N6S2. The van der Waals surface area contributed by atoms with E-state index in [0.29, 0.717) is 6.54 Å². The fourth-order valence-electron chi connectivity index (χ4n) is 0.781. The summed E-state index contributed by atoms with van der Waals surface area (Å²) in [5, 5.41) is 12.4. The Hall–Kier alpha value is -0.980. The van der Waals surface area contributed by atoms with E-state index in [4.69, 9.17) is 5.53 Å². The van der Waals surface area contributed by atoms with Gasteiger partial charge >= 0.3 is 0 Å². The number of thioether (sulfide) groups is 1. The zero-order valence-electron chi connectivity index (χ0n) is 8.62. The van der Waals surface area contributed by atoms with Crippen LogP contribution in [0.1, 0.15) is 6.42 Å². The molecule has 82 valence electrons.